The predicted octanol–water partition coefficient (Wildman–Crippen LogP) is 2.18. The van der Waals surface area contributed by atoms with Crippen LogP contribution in [0, 0.1) is 6.92 Å². The fourth-order valence-electron chi connectivity index (χ4n) is 0.797. The molecule has 0 spiro atoms. The van der Waals surface area contributed by atoms with E-state index in [4.69, 9.17) is 4.84 Å². The zero-order valence-electron chi connectivity index (χ0n) is 7.56. The number of hydrogen-bond acceptors (Lipinski definition) is 4. The Bertz CT molecular complexity index is 294. The van der Waals surface area contributed by atoms with E-state index in [9.17, 15) is 0 Å². The van der Waals surface area contributed by atoms with Crippen LogP contribution in [0.5, 0.6) is 0 Å². The van der Waals surface area contributed by atoms with Gasteiger partial charge in [-0.05, 0) is 6.92 Å². The lowest BCUT2D eigenvalue weighted by atomic mass is 10.3. The van der Waals surface area contributed by atoms with Crippen LogP contribution in [0.3, 0.4) is 0 Å². The largest absolute Gasteiger partial charge is 0.392 e. The molecule has 0 aliphatic heterocycles. The summed E-state index contributed by atoms with van der Waals surface area (Å²) in [6, 6.07) is 0. The third-order valence-electron chi connectivity index (χ3n) is 1.47. The van der Waals surface area contributed by atoms with Crippen molar-refractivity contribution in [3.63, 3.8) is 0 Å². The highest BCUT2D eigenvalue weighted by Gasteiger charge is 1.97. The average Bonchev–Trinajstić information content (AvgIpc) is 2.52. The van der Waals surface area contributed by atoms with Crippen LogP contribution < -0.4 is 0 Å². The van der Waals surface area contributed by atoms with E-state index in [2.05, 4.69) is 16.7 Å². The van der Waals surface area contributed by atoms with Gasteiger partial charge in [-0.25, -0.2) is 4.98 Å². The van der Waals surface area contributed by atoms with Gasteiger partial charge in [0.2, 0.25) is 0 Å². The standard InChI is InChI=1S/C9H12N2OS/c1-3-6-12-11-5-4-9-8(2)13-7-10-9/h3,5,7H,1,4,6H2,2H3. The SMILES string of the molecule is C=CCON=CCc1ncsc1C. The maximum atomic E-state index is 4.85. The molecule has 3 nitrogen and oxygen atoms in total. The molecule has 1 aromatic rings. The van der Waals surface area contributed by atoms with Gasteiger partial charge in [0, 0.05) is 17.5 Å². The molecule has 1 rings (SSSR count). The third-order valence-corrected chi connectivity index (χ3v) is 2.27. The molecule has 4 heteroatoms. The van der Waals surface area contributed by atoms with Gasteiger partial charge >= 0.3 is 0 Å². The van der Waals surface area contributed by atoms with Gasteiger partial charge in [-0.3, -0.25) is 0 Å². The smallest absolute Gasteiger partial charge is 0.135 e. The molecule has 0 saturated heterocycles. The van der Waals surface area contributed by atoms with E-state index in [1.54, 1.807) is 23.6 Å². The van der Waals surface area contributed by atoms with Gasteiger partial charge in [-0.15, -0.1) is 11.3 Å². The summed E-state index contributed by atoms with van der Waals surface area (Å²) in [5, 5.41) is 3.75. The molecule has 0 atom stereocenters. The normalized spacial score (nSPS) is 10.5. The van der Waals surface area contributed by atoms with E-state index in [-0.39, 0.29) is 0 Å². The molecule has 70 valence electrons. The molecule has 0 aromatic carbocycles. The second kappa shape index (κ2) is 5.48. The number of aromatic nitrogens is 1. The minimum absolute atomic E-state index is 0.451. The lowest BCUT2D eigenvalue weighted by molar-refractivity contribution is 0.176. The fourth-order valence-corrected chi connectivity index (χ4v) is 1.41. The van der Waals surface area contributed by atoms with E-state index in [1.165, 1.54) is 4.88 Å². The van der Waals surface area contributed by atoms with Crippen LogP contribution in [0.1, 0.15) is 10.6 Å². The van der Waals surface area contributed by atoms with Crippen molar-refractivity contribution in [3.8, 4) is 0 Å². The van der Waals surface area contributed by atoms with Crippen molar-refractivity contribution in [3.05, 3.63) is 28.7 Å². The average molecular weight is 196 g/mol. The molecule has 0 bridgehead atoms. The van der Waals surface area contributed by atoms with Gasteiger partial charge in [-0.2, -0.15) is 0 Å². The Labute approximate surface area is 81.8 Å². The second-order valence-electron chi connectivity index (χ2n) is 2.43. The van der Waals surface area contributed by atoms with Gasteiger partial charge in [-0.1, -0.05) is 17.8 Å². The Kier molecular flexibility index (Phi) is 4.18. The Balaban J connectivity index is 2.30. The quantitative estimate of drug-likeness (QED) is 0.313. The van der Waals surface area contributed by atoms with Crippen molar-refractivity contribution < 1.29 is 4.84 Å². The summed E-state index contributed by atoms with van der Waals surface area (Å²) in [5.74, 6) is 0. The van der Waals surface area contributed by atoms with Crippen molar-refractivity contribution in [2.24, 2.45) is 5.16 Å². The molecule has 0 unspecified atom stereocenters. The molecule has 0 saturated carbocycles. The van der Waals surface area contributed by atoms with E-state index >= 15 is 0 Å². The van der Waals surface area contributed by atoms with Gasteiger partial charge in [0.05, 0.1) is 11.2 Å². The Morgan fingerprint density at radius 1 is 1.77 bits per heavy atom. The van der Waals surface area contributed by atoms with E-state index < -0.39 is 0 Å². The first-order valence-electron chi connectivity index (χ1n) is 3.98. The monoisotopic (exact) mass is 196 g/mol. The molecule has 0 amide bonds. The minimum atomic E-state index is 0.451. The van der Waals surface area contributed by atoms with Gasteiger partial charge < -0.3 is 4.84 Å². The lowest BCUT2D eigenvalue weighted by Gasteiger charge is -1.92. The van der Waals surface area contributed by atoms with E-state index in [0.717, 1.165) is 12.1 Å². The second-order valence-corrected chi connectivity index (χ2v) is 3.49. The molecule has 0 N–H and O–H groups in total. The molecule has 0 aliphatic rings. The van der Waals surface area contributed by atoms with Crippen molar-refractivity contribution in [2.45, 2.75) is 13.3 Å². The van der Waals surface area contributed by atoms with Crippen LogP contribution in [0.25, 0.3) is 0 Å². The van der Waals surface area contributed by atoms with Crippen LogP contribution in [-0.4, -0.2) is 17.8 Å². The van der Waals surface area contributed by atoms with Crippen LogP contribution in [0.4, 0.5) is 0 Å². The Hall–Kier alpha value is -1.16. The highest BCUT2D eigenvalue weighted by molar-refractivity contribution is 7.09. The number of nitrogens with zero attached hydrogens (tertiary/aromatic N) is 2. The summed E-state index contributed by atoms with van der Waals surface area (Å²) in [6.07, 6.45) is 4.10. The maximum Gasteiger partial charge on any atom is 0.135 e. The predicted molar refractivity (Wildman–Crippen MR) is 55.2 cm³/mol. The molecule has 0 radical (unpaired) electrons. The summed E-state index contributed by atoms with van der Waals surface area (Å²) >= 11 is 1.64. The Morgan fingerprint density at radius 3 is 3.23 bits per heavy atom. The maximum absolute atomic E-state index is 4.85. The molecule has 0 aliphatic carbocycles. The zero-order chi connectivity index (χ0) is 9.52. The zero-order valence-corrected chi connectivity index (χ0v) is 8.38. The van der Waals surface area contributed by atoms with E-state index in [0.29, 0.717) is 6.61 Å². The van der Waals surface area contributed by atoms with Gasteiger partial charge in [0.15, 0.2) is 0 Å². The lowest BCUT2D eigenvalue weighted by Crippen LogP contribution is -1.90. The Morgan fingerprint density at radius 2 is 2.62 bits per heavy atom. The van der Waals surface area contributed by atoms with Crippen LogP contribution in [0.2, 0.25) is 0 Å². The third kappa shape index (κ3) is 3.38. The molecular weight excluding hydrogens is 184 g/mol. The van der Waals surface area contributed by atoms with Crippen molar-refractivity contribution in [1.82, 2.24) is 4.98 Å². The van der Waals surface area contributed by atoms with Crippen LogP contribution in [-0.2, 0) is 11.3 Å². The molecule has 1 aromatic heterocycles. The van der Waals surface area contributed by atoms with Gasteiger partial charge in [0.25, 0.3) is 0 Å². The van der Waals surface area contributed by atoms with E-state index in [1.807, 2.05) is 12.4 Å². The minimum Gasteiger partial charge on any atom is -0.392 e. The fraction of sp³-hybridized carbons (Fsp3) is 0.333. The summed E-state index contributed by atoms with van der Waals surface area (Å²) in [4.78, 5) is 10.3. The van der Waals surface area contributed by atoms with Crippen LogP contribution in [0.15, 0.2) is 23.3 Å². The topological polar surface area (TPSA) is 34.5 Å². The summed E-state index contributed by atoms with van der Waals surface area (Å²) in [6.45, 7) is 6.01. The number of hydrogen-bond donors (Lipinski definition) is 0. The first-order valence-corrected chi connectivity index (χ1v) is 4.86. The summed E-state index contributed by atoms with van der Waals surface area (Å²) in [7, 11) is 0. The number of thiazole rings is 1. The number of aryl methyl sites for hydroxylation is 1. The van der Waals surface area contributed by atoms with Crippen LogP contribution >= 0.6 is 11.3 Å². The highest BCUT2D eigenvalue weighted by Crippen LogP contribution is 2.10. The molecule has 0 fully saturated rings. The first-order chi connectivity index (χ1) is 6.34. The number of oxime groups is 1. The number of rotatable bonds is 5. The van der Waals surface area contributed by atoms with Crippen molar-refractivity contribution >= 4 is 17.6 Å². The molecular formula is C9H12N2OS. The molecule has 1 heterocycles. The highest BCUT2D eigenvalue weighted by atomic mass is 32.1. The van der Waals surface area contributed by atoms with Crippen molar-refractivity contribution in [2.75, 3.05) is 6.61 Å². The summed E-state index contributed by atoms with van der Waals surface area (Å²) in [5.41, 5.74) is 2.90. The molecule has 13 heavy (non-hydrogen) atoms. The summed E-state index contributed by atoms with van der Waals surface area (Å²) < 4.78 is 0. The van der Waals surface area contributed by atoms with Gasteiger partial charge in [0.1, 0.15) is 6.61 Å². The van der Waals surface area contributed by atoms with Crippen molar-refractivity contribution in [1.29, 1.82) is 0 Å². The first kappa shape index (κ1) is 9.92.